The molecule has 0 fully saturated rings. The number of aliphatic hydroxyl groups is 1. The van der Waals surface area contributed by atoms with Crippen LogP contribution in [0.4, 0.5) is 0 Å². The highest BCUT2D eigenvalue weighted by Gasteiger charge is 2.09. The third-order valence-electron chi connectivity index (χ3n) is 1.93. The van der Waals surface area contributed by atoms with Crippen molar-refractivity contribution in [1.82, 2.24) is 5.32 Å². The summed E-state index contributed by atoms with van der Waals surface area (Å²) in [5.41, 5.74) is 6.72. The molecule has 0 radical (unpaired) electrons. The molecule has 0 spiro atoms. The topological polar surface area (TPSA) is 75.4 Å². The number of carbonyl (C=O) groups excluding carboxylic acids is 1. The lowest BCUT2D eigenvalue weighted by molar-refractivity contribution is -0.118. The van der Waals surface area contributed by atoms with Gasteiger partial charge in [-0.2, -0.15) is 0 Å². The molecule has 0 aromatic carbocycles. The smallest absolute Gasteiger partial charge is 0.238 e. The molecular formula is C9H14N2O2. The predicted molar refractivity (Wildman–Crippen MR) is 49.7 cm³/mol. The highest BCUT2D eigenvalue weighted by molar-refractivity contribution is 5.80. The first kappa shape index (κ1) is 9.95. The Balaban J connectivity index is 2.68. The molecule has 1 aliphatic carbocycles. The van der Waals surface area contributed by atoms with Crippen molar-refractivity contribution in [2.24, 2.45) is 5.73 Å². The number of hydrogen-bond acceptors (Lipinski definition) is 3. The third-order valence-corrected chi connectivity index (χ3v) is 1.93. The van der Waals surface area contributed by atoms with Gasteiger partial charge in [-0.1, -0.05) is 6.08 Å². The molecule has 0 saturated carbocycles. The summed E-state index contributed by atoms with van der Waals surface area (Å²) in [5, 5.41) is 11.6. The minimum Gasteiger partial charge on any atom is -0.392 e. The van der Waals surface area contributed by atoms with E-state index >= 15 is 0 Å². The molecule has 0 unspecified atom stereocenters. The van der Waals surface area contributed by atoms with Gasteiger partial charge in [0.15, 0.2) is 0 Å². The molecule has 4 N–H and O–H groups in total. The average molecular weight is 182 g/mol. The fourth-order valence-corrected chi connectivity index (χ4v) is 1.21. The van der Waals surface area contributed by atoms with Crippen LogP contribution in [0.1, 0.15) is 12.8 Å². The Labute approximate surface area is 77.1 Å². The normalized spacial score (nSPS) is 16.2. The second kappa shape index (κ2) is 4.79. The SMILES string of the molecule is NCC(=O)NC1=C(CO)CCC=C1. The van der Waals surface area contributed by atoms with Crippen molar-refractivity contribution in [3.05, 3.63) is 23.4 Å². The van der Waals surface area contributed by atoms with Gasteiger partial charge in [0.1, 0.15) is 0 Å². The lowest BCUT2D eigenvalue weighted by Gasteiger charge is -2.14. The Bertz CT molecular complexity index is 256. The van der Waals surface area contributed by atoms with E-state index in [1.54, 1.807) is 0 Å². The van der Waals surface area contributed by atoms with Gasteiger partial charge in [0.05, 0.1) is 13.2 Å². The van der Waals surface area contributed by atoms with E-state index in [-0.39, 0.29) is 19.1 Å². The largest absolute Gasteiger partial charge is 0.392 e. The lowest BCUT2D eigenvalue weighted by Crippen LogP contribution is -2.30. The zero-order valence-electron chi connectivity index (χ0n) is 7.42. The second-order valence-electron chi connectivity index (χ2n) is 2.87. The van der Waals surface area contributed by atoms with Crippen LogP contribution >= 0.6 is 0 Å². The molecule has 0 heterocycles. The molecule has 13 heavy (non-hydrogen) atoms. The van der Waals surface area contributed by atoms with Gasteiger partial charge in [0.2, 0.25) is 5.91 Å². The second-order valence-corrected chi connectivity index (χ2v) is 2.87. The molecule has 1 rings (SSSR count). The Kier molecular flexibility index (Phi) is 3.67. The van der Waals surface area contributed by atoms with Crippen molar-refractivity contribution in [3.63, 3.8) is 0 Å². The van der Waals surface area contributed by atoms with E-state index < -0.39 is 0 Å². The van der Waals surface area contributed by atoms with Crippen LogP contribution in [-0.2, 0) is 4.79 Å². The highest BCUT2D eigenvalue weighted by atomic mass is 16.3. The minimum atomic E-state index is -0.229. The lowest BCUT2D eigenvalue weighted by atomic mass is 10.0. The molecule has 1 aliphatic rings. The predicted octanol–water partition coefficient (Wildman–Crippen LogP) is -0.342. The number of nitrogens with two attached hydrogens (primary N) is 1. The Morgan fingerprint density at radius 2 is 2.46 bits per heavy atom. The zero-order valence-corrected chi connectivity index (χ0v) is 7.42. The Morgan fingerprint density at radius 1 is 1.69 bits per heavy atom. The van der Waals surface area contributed by atoms with E-state index in [4.69, 9.17) is 10.8 Å². The van der Waals surface area contributed by atoms with E-state index in [1.807, 2.05) is 12.2 Å². The van der Waals surface area contributed by atoms with E-state index in [1.165, 1.54) is 0 Å². The molecule has 0 bridgehead atoms. The van der Waals surface area contributed by atoms with Crippen molar-refractivity contribution in [2.75, 3.05) is 13.2 Å². The maximum Gasteiger partial charge on any atom is 0.238 e. The van der Waals surface area contributed by atoms with Crippen molar-refractivity contribution in [1.29, 1.82) is 0 Å². The number of hydrogen-bond donors (Lipinski definition) is 3. The standard InChI is InChI=1S/C9H14N2O2/c10-5-9(13)11-8-4-2-1-3-7(8)6-12/h2,4,12H,1,3,5-6,10H2,(H,11,13). The molecule has 0 aliphatic heterocycles. The van der Waals surface area contributed by atoms with Crippen LogP contribution in [0.25, 0.3) is 0 Å². The van der Waals surface area contributed by atoms with Crippen LogP contribution in [0, 0.1) is 0 Å². The highest BCUT2D eigenvalue weighted by Crippen LogP contribution is 2.15. The fourth-order valence-electron chi connectivity index (χ4n) is 1.21. The van der Waals surface area contributed by atoms with E-state index in [2.05, 4.69) is 5.32 Å². The minimum absolute atomic E-state index is 0.00940. The van der Waals surface area contributed by atoms with Gasteiger partial charge >= 0.3 is 0 Å². The molecule has 0 aromatic heterocycles. The molecule has 72 valence electrons. The Hall–Kier alpha value is -1.13. The molecule has 4 heteroatoms. The van der Waals surface area contributed by atoms with Crippen molar-refractivity contribution in [2.45, 2.75) is 12.8 Å². The average Bonchev–Trinajstić information content (AvgIpc) is 2.18. The van der Waals surface area contributed by atoms with Gasteiger partial charge < -0.3 is 16.2 Å². The van der Waals surface area contributed by atoms with Crippen LogP contribution in [0.3, 0.4) is 0 Å². The van der Waals surface area contributed by atoms with E-state index in [0.717, 1.165) is 18.4 Å². The van der Waals surface area contributed by atoms with Gasteiger partial charge in [0.25, 0.3) is 0 Å². The summed E-state index contributed by atoms with van der Waals surface area (Å²) in [4.78, 5) is 11.0. The maximum atomic E-state index is 11.0. The maximum absolute atomic E-state index is 11.0. The number of amides is 1. The van der Waals surface area contributed by atoms with Crippen LogP contribution in [0.15, 0.2) is 23.4 Å². The third kappa shape index (κ3) is 2.68. The summed E-state index contributed by atoms with van der Waals surface area (Å²) in [6.45, 7) is -0.0411. The number of rotatable bonds is 3. The summed E-state index contributed by atoms with van der Waals surface area (Å²) in [5.74, 6) is -0.229. The summed E-state index contributed by atoms with van der Waals surface area (Å²) in [6, 6.07) is 0. The van der Waals surface area contributed by atoms with Crippen LogP contribution in [-0.4, -0.2) is 24.2 Å². The number of nitrogens with one attached hydrogen (secondary N) is 1. The number of aliphatic hydroxyl groups excluding tert-OH is 1. The van der Waals surface area contributed by atoms with Crippen molar-refractivity contribution >= 4 is 5.91 Å². The molecule has 1 amide bonds. The molecule has 4 nitrogen and oxygen atoms in total. The first-order valence-electron chi connectivity index (χ1n) is 4.27. The van der Waals surface area contributed by atoms with Crippen LogP contribution in [0.2, 0.25) is 0 Å². The molecular weight excluding hydrogens is 168 g/mol. The van der Waals surface area contributed by atoms with Crippen LogP contribution < -0.4 is 11.1 Å². The number of allylic oxidation sites excluding steroid dienone is 2. The fraction of sp³-hybridized carbons (Fsp3) is 0.444. The first-order valence-corrected chi connectivity index (χ1v) is 4.27. The van der Waals surface area contributed by atoms with E-state index in [9.17, 15) is 4.79 Å². The van der Waals surface area contributed by atoms with Gasteiger partial charge in [-0.25, -0.2) is 0 Å². The van der Waals surface area contributed by atoms with Crippen LogP contribution in [0.5, 0.6) is 0 Å². The molecule has 0 saturated heterocycles. The van der Waals surface area contributed by atoms with Gasteiger partial charge in [-0.05, 0) is 24.5 Å². The monoisotopic (exact) mass is 182 g/mol. The molecule has 0 aromatic rings. The quantitative estimate of drug-likeness (QED) is 0.559. The van der Waals surface area contributed by atoms with Crippen molar-refractivity contribution in [3.8, 4) is 0 Å². The first-order chi connectivity index (χ1) is 6.27. The summed E-state index contributed by atoms with van der Waals surface area (Å²) in [6.07, 6.45) is 5.49. The number of carbonyl (C=O) groups is 1. The zero-order chi connectivity index (χ0) is 9.68. The van der Waals surface area contributed by atoms with Crippen molar-refractivity contribution < 1.29 is 9.90 Å². The Morgan fingerprint density at radius 3 is 3.08 bits per heavy atom. The van der Waals surface area contributed by atoms with Gasteiger partial charge in [-0.15, -0.1) is 0 Å². The summed E-state index contributed by atoms with van der Waals surface area (Å²) < 4.78 is 0. The molecule has 0 atom stereocenters. The summed E-state index contributed by atoms with van der Waals surface area (Å²) >= 11 is 0. The van der Waals surface area contributed by atoms with Gasteiger partial charge in [-0.3, -0.25) is 4.79 Å². The summed E-state index contributed by atoms with van der Waals surface area (Å²) in [7, 11) is 0. The van der Waals surface area contributed by atoms with Gasteiger partial charge in [0, 0.05) is 5.70 Å². The van der Waals surface area contributed by atoms with E-state index in [0.29, 0.717) is 5.70 Å².